The second-order valence-electron chi connectivity index (χ2n) is 7.22. The lowest BCUT2D eigenvalue weighted by atomic mass is 9.99. The fourth-order valence-electron chi connectivity index (χ4n) is 3.62. The van der Waals surface area contributed by atoms with Crippen LogP contribution in [-0.2, 0) is 21.4 Å². The third kappa shape index (κ3) is 4.49. The number of hydrogen-bond acceptors (Lipinski definition) is 6. The molecule has 1 fully saturated rings. The third-order valence-corrected chi connectivity index (χ3v) is 9.83. The van der Waals surface area contributed by atoms with E-state index in [1.807, 2.05) is 22.8 Å². The Labute approximate surface area is 199 Å². The maximum absolute atomic E-state index is 13.0. The van der Waals surface area contributed by atoms with Crippen LogP contribution < -0.4 is 9.54 Å². The highest BCUT2D eigenvalue weighted by molar-refractivity contribution is 7.91. The van der Waals surface area contributed by atoms with Gasteiger partial charge in [0.2, 0.25) is 0 Å². The summed E-state index contributed by atoms with van der Waals surface area (Å²) in [7, 11) is -2.11. The fraction of sp³-hybridized carbons (Fsp3) is 0.333. The molecule has 1 amide bonds. The Morgan fingerprint density at radius 2 is 2.16 bits per heavy atom. The van der Waals surface area contributed by atoms with Crippen LogP contribution in [0.15, 0.2) is 39.5 Å². The van der Waals surface area contributed by atoms with Crippen LogP contribution in [0.5, 0.6) is 5.75 Å². The van der Waals surface area contributed by atoms with Gasteiger partial charge in [0, 0.05) is 13.1 Å². The van der Waals surface area contributed by atoms with Crippen molar-refractivity contribution in [2.45, 2.75) is 23.6 Å². The molecule has 0 spiro atoms. The Morgan fingerprint density at radius 1 is 1.34 bits per heavy atom. The molecule has 0 N–H and O–H groups in total. The third-order valence-electron chi connectivity index (χ3n) is 5.22. The zero-order chi connectivity index (χ0) is 22.9. The van der Waals surface area contributed by atoms with Crippen molar-refractivity contribution >= 4 is 60.4 Å². The number of amides is 1. The van der Waals surface area contributed by atoms with Gasteiger partial charge in [-0.15, -0.1) is 17.8 Å². The van der Waals surface area contributed by atoms with Crippen LogP contribution >= 0.6 is 34.3 Å². The summed E-state index contributed by atoms with van der Waals surface area (Å²) in [4.78, 5) is 17.9. The number of halogens is 1. The molecule has 168 valence electrons. The number of benzene rings is 1. The molecule has 4 rings (SSSR count). The molecule has 11 heteroatoms. The number of piperidine rings is 1. The number of carbonyl (C=O) groups excluding carboxylic acids is 1. The number of hydrogen-bond donors (Lipinski definition) is 0. The van der Waals surface area contributed by atoms with Crippen LogP contribution in [0, 0.1) is 18.3 Å². The minimum atomic E-state index is -3.69. The molecule has 1 aromatic carbocycles. The van der Waals surface area contributed by atoms with E-state index in [1.54, 1.807) is 13.2 Å². The first-order valence-corrected chi connectivity index (χ1v) is 13.2. The first-order valence-electron chi connectivity index (χ1n) is 9.78. The van der Waals surface area contributed by atoms with Gasteiger partial charge in [-0.3, -0.25) is 4.79 Å². The van der Waals surface area contributed by atoms with Gasteiger partial charge in [0.25, 0.3) is 15.9 Å². The summed E-state index contributed by atoms with van der Waals surface area (Å²) in [5, 5.41) is 0. The molecule has 7 nitrogen and oxygen atoms in total. The normalized spacial score (nSPS) is 18.0. The summed E-state index contributed by atoms with van der Waals surface area (Å²) in [6.07, 6.45) is 6.69. The number of rotatable bonds is 5. The molecule has 0 saturated carbocycles. The molecule has 1 unspecified atom stereocenters. The van der Waals surface area contributed by atoms with E-state index >= 15 is 0 Å². The lowest BCUT2D eigenvalue weighted by Crippen LogP contribution is -2.42. The number of thiazole rings is 1. The van der Waals surface area contributed by atoms with Crippen LogP contribution in [0.1, 0.15) is 12.8 Å². The highest BCUT2D eigenvalue weighted by Gasteiger charge is 2.34. The van der Waals surface area contributed by atoms with E-state index in [9.17, 15) is 13.2 Å². The molecule has 3 aromatic rings. The molecule has 1 aliphatic rings. The number of nitrogens with zero attached hydrogens (tertiary/aromatic N) is 3. The maximum atomic E-state index is 13.0. The van der Waals surface area contributed by atoms with Gasteiger partial charge < -0.3 is 9.30 Å². The second kappa shape index (κ2) is 9.37. The molecule has 2 aromatic heterocycles. The van der Waals surface area contributed by atoms with E-state index in [2.05, 4.69) is 10.9 Å². The number of fused-ring (bicyclic) bond motifs is 1. The summed E-state index contributed by atoms with van der Waals surface area (Å²) in [5.74, 6) is 2.43. The van der Waals surface area contributed by atoms with Crippen LogP contribution in [-0.4, -0.2) is 43.4 Å². The summed E-state index contributed by atoms with van der Waals surface area (Å²) >= 11 is 8.27. The summed E-state index contributed by atoms with van der Waals surface area (Å²) in [6, 6.07) is 8.63. The number of aromatic nitrogens is 1. The van der Waals surface area contributed by atoms with Crippen molar-refractivity contribution in [2.75, 3.05) is 20.2 Å². The fourth-order valence-corrected chi connectivity index (χ4v) is 7.85. The van der Waals surface area contributed by atoms with E-state index < -0.39 is 15.9 Å². The highest BCUT2D eigenvalue weighted by Crippen LogP contribution is 2.31. The maximum Gasteiger partial charge on any atom is 0.252 e. The Kier molecular flexibility index (Phi) is 6.74. The number of ether oxygens (including phenoxy) is 1. The van der Waals surface area contributed by atoms with Gasteiger partial charge in [0.15, 0.2) is 4.80 Å². The lowest BCUT2D eigenvalue weighted by molar-refractivity contribution is -0.122. The van der Waals surface area contributed by atoms with Crippen molar-refractivity contribution in [3.8, 4) is 18.1 Å². The molecule has 0 bridgehead atoms. The summed E-state index contributed by atoms with van der Waals surface area (Å²) in [6.45, 7) is 0.720. The van der Waals surface area contributed by atoms with Crippen LogP contribution in [0.25, 0.3) is 10.2 Å². The lowest BCUT2D eigenvalue weighted by Gasteiger charge is -2.29. The second-order valence-corrected chi connectivity index (χ2v) is 12.1. The first-order chi connectivity index (χ1) is 15.3. The molecule has 1 atom stereocenters. The van der Waals surface area contributed by atoms with Crippen molar-refractivity contribution in [1.82, 2.24) is 8.87 Å². The minimum Gasteiger partial charge on any atom is -0.497 e. The number of terminal acetylenes is 1. The van der Waals surface area contributed by atoms with Gasteiger partial charge in [-0.05, 0) is 43.2 Å². The molecule has 1 saturated heterocycles. The van der Waals surface area contributed by atoms with Gasteiger partial charge in [0.05, 0.1) is 34.1 Å². The molecule has 1 aliphatic heterocycles. The van der Waals surface area contributed by atoms with E-state index in [0.717, 1.165) is 21.6 Å². The number of carbonyl (C=O) groups is 1. The SMILES string of the molecule is C#CCn1c(=NC(=O)C2CCCN(S(=O)(=O)c3ccc(Cl)s3)C2)sc2cc(OC)ccc21. The van der Waals surface area contributed by atoms with Crippen molar-refractivity contribution in [1.29, 1.82) is 0 Å². The molecule has 0 aliphatic carbocycles. The predicted molar refractivity (Wildman–Crippen MR) is 127 cm³/mol. The topological polar surface area (TPSA) is 81.0 Å². The van der Waals surface area contributed by atoms with Gasteiger partial charge in [-0.2, -0.15) is 9.30 Å². The van der Waals surface area contributed by atoms with Gasteiger partial charge in [-0.1, -0.05) is 28.9 Å². The molecular formula is C21H20ClN3O4S3. The average molecular weight is 510 g/mol. The van der Waals surface area contributed by atoms with Crippen molar-refractivity contribution in [2.24, 2.45) is 10.9 Å². The predicted octanol–water partition coefficient (Wildman–Crippen LogP) is 3.59. The van der Waals surface area contributed by atoms with E-state index in [4.69, 9.17) is 22.8 Å². The average Bonchev–Trinajstić information content (AvgIpc) is 3.37. The summed E-state index contributed by atoms with van der Waals surface area (Å²) in [5.41, 5.74) is 0.864. The van der Waals surface area contributed by atoms with E-state index in [1.165, 1.54) is 21.7 Å². The smallest absolute Gasteiger partial charge is 0.252 e. The van der Waals surface area contributed by atoms with Crippen molar-refractivity contribution in [3.63, 3.8) is 0 Å². The number of methoxy groups -OCH3 is 1. The Bertz CT molecular complexity index is 1380. The highest BCUT2D eigenvalue weighted by atomic mass is 35.5. The largest absolute Gasteiger partial charge is 0.497 e. The van der Waals surface area contributed by atoms with Crippen molar-refractivity contribution < 1.29 is 17.9 Å². The molecular weight excluding hydrogens is 490 g/mol. The van der Waals surface area contributed by atoms with Gasteiger partial charge in [-0.25, -0.2) is 8.42 Å². The van der Waals surface area contributed by atoms with E-state index in [0.29, 0.717) is 34.3 Å². The Balaban J connectivity index is 1.64. The Hall–Kier alpha value is -2.16. The minimum absolute atomic E-state index is 0.0913. The van der Waals surface area contributed by atoms with Crippen LogP contribution in [0.4, 0.5) is 0 Å². The monoisotopic (exact) mass is 509 g/mol. The van der Waals surface area contributed by atoms with Crippen LogP contribution in [0.3, 0.4) is 0 Å². The first kappa shape index (κ1) is 23.0. The molecule has 3 heterocycles. The molecule has 0 radical (unpaired) electrons. The van der Waals surface area contributed by atoms with Gasteiger partial charge in [0.1, 0.15) is 9.96 Å². The zero-order valence-corrected chi connectivity index (χ0v) is 20.4. The Morgan fingerprint density at radius 3 is 2.84 bits per heavy atom. The zero-order valence-electron chi connectivity index (χ0n) is 17.2. The van der Waals surface area contributed by atoms with Crippen molar-refractivity contribution in [3.05, 3.63) is 39.5 Å². The number of thiophene rings is 1. The standard InChI is InChI=1S/C21H20ClN3O4S3/c1-3-10-25-16-7-6-15(29-2)12-17(16)30-21(25)23-20(26)14-5-4-11-24(13-14)32(27,28)19-9-8-18(22)31-19/h1,6-9,12,14H,4-5,10-11,13H2,2H3. The number of sulfonamides is 1. The quantitative estimate of drug-likeness (QED) is 0.492. The van der Waals surface area contributed by atoms with E-state index in [-0.39, 0.29) is 23.2 Å². The summed E-state index contributed by atoms with van der Waals surface area (Å²) < 4.78 is 35.8. The van der Waals surface area contributed by atoms with Gasteiger partial charge >= 0.3 is 0 Å². The molecule has 32 heavy (non-hydrogen) atoms. The van der Waals surface area contributed by atoms with Crippen LogP contribution in [0.2, 0.25) is 4.34 Å².